The molecule has 2 aliphatic heterocycles. The predicted molar refractivity (Wildman–Crippen MR) is 58.7 cm³/mol. The number of rotatable bonds is 1. The molecule has 0 atom stereocenters. The number of piperidine rings is 1. The molecule has 0 radical (unpaired) electrons. The average molecular weight is 246 g/mol. The van der Waals surface area contributed by atoms with E-state index in [-0.39, 0.29) is 0 Å². The summed E-state index contributed by atoms with van der Waals surface area (Å²) in [5, 5.41) is 14.8. The minimum atomic E-state index is -1.82. The van der Waals surface area contributed by atoms with Gasteiger partial charge in [-0.3, -0.25) is 4.90 Å². The molecule has 2 rings (SSSR count). The van der Waals surface area contributed by atoms with Gasteiger partial charge in [-0.25, -0.2) is 9.59 Å². The second-order valence-corrected chi connectivity index (χ2v) is 4.17. The normalized spacial score (nSPS) is 22.2. The minimum Gasteiger partial charge on any atom is -0.473 e. The lowest BCUT2D eigenvalue weighted by Gasteiger charge is -2.40. The van der Waals surface area contributed by atoms with Gasteiger partial charge >= 0.3 is 11.9 Å². The molecule has 7 heteroatoms. The van der Waals surface area contributed by atoms with Gasteiger partial charge in [-0.05, 0) is 12.8 Å². The monoisotopic (exact) mass is 246 g/mol. The molecule has 0 amide bonds. The Morgan fingerprint density at radius 1 is 1.12 bits per heavy atom. The standard InChI is InChI=1S/C8H16N2O.C2H2O4/c9-7-1-3-10(4-2-7)8-5-11-6-8;3-1(4)2(5)6/h7-8H,1-6,9H2;(H,3,4)(H,5,6). The van der Waals surface area contributed by atoms with E-state index in [0.29, 0.717) is 12.1 Å². The first kappa shape index (κ1) is 13.9. The summed E-state index contributed by atoms with van der Waals surface area (Å²) in [5.41, 5.74) is 5.80. The molecule has 0 aliphatic carbocycles. The SMILES string of the molecule is NC1CCN(C2COC2)CC1.O=C(O)C(=O)O. The van der Waals surface area contributed by atoms with Crippen molar-refractivity contribution >= 4 is 11.9 Å². The average Bonchev–Trinajstić information content (AvgIpc) is 2.19. The van der Waals surface area contributed by atoms with Crippen molar-refractivity contribution in [1.29, 1.82) is 0 Å². The Labute approximate surface area is 99.1 Å². The highest BCUT2D eigenvalue weighted by Crippen LogP contribution is 2.16. The van der Waals surface area contributed by atoms with Crippen LogP contribution in [0.3, 0.4) is 0 Å². The smallest absolute Gasteiger partial charge is 0.414 e. The lowest BCUT2D eigenvalue weighted by atomic mass is 10.0. The molecular formula is C10H18N2O5. The fraction of sp³-hybridized carbons (Fsp3) is 0.800. The van der Waals surface area contributed by atoms with Crippen LogP contribution in [0.2, 0.25) is 0 Å². The van der Waals surface area contributed by atoms with Crippen LogP contribution >= 0.6 is 0 Å². The maximum absolute atomic E-state index is 9.10. The Morgan fingerprint density at radius 3 is 1.88 bits per heavy atom. The summed E-state index contributed by atoms with van der Waals surface area (Å²) in [6.45, 7) is 4.23. The van der Waals surface area contributed by atoms with Crippen LogP contribution in [0, 0.1) is 0 Å². The third kappa shape index (κ3) is 4.68. The first-order chi connectivity index (χ1) is 8.00. The molecule has 17 heavy (non-hydrogen) atoms. The van der Waals surface area contributed by atoms with Gasteiger partial charge in [0, 0.05) is 19.1 Å². The molecule has 0 saturated carbocycles. The van der Waals surface area contributed by atoms with Gasteiger partial charge in [0.1, 0.15) is 0 Å². The zero-order valence-corrected chi connectivity index (χ0v) is 9.54. The highest BCUT2D eigenvalue weighted by atomic mass is 16.5. The van der Waals surface area contributed by atoms with Gasteiger partial charge in [0.2, 0.25) is 0 Å². The molecule has 2 saturated heterocycles. The third-order valence-electron chi connectivity index (χ3n) is 2.89. The highest BCUT2D eigenvalue weighted by molar-refractivity contribution is 6.27. The van der Waals surface area contributed by atoms with Crippen molar-refractivity contribution in [2.45, 2.75) is 24.9 Å². The molecule has 0 spiro atoms. The number of aliphatic carboxylic acids is 2. The van der Waals surface area contributed by atoms with E-state index in [1.807, 2.05) is 0 Å². The van der Waals surface area contributed by atoms with Crippen molar-refractivity contribution < 1.29 is 24.5 Å². The summed E-state index contributed by atoms with van der Waals surface area (Å²) in [5.74, 6) is -3.65. The van der Waals surface area contributed by atoms with E-state index in [1.165, 1.54) is 13.1 Å². The molecular weight excluding hydrogens is 228 g/mol. The Balaban J connectivity index is 0.000000209. The van der Waals surface area contributed by atoms with E-state index in [0.717, 1.165) is 26.1 Å². The third-order valence-corrected chi connectivity index (χ3v) is 2.89. The molecule has 0 unspecified atom stereocenters. The largest absolute Gasteiger partial charge is 0.473 e. The van der Waals surface area contributed by atoms with Gasteiger partial charge in [0.15, 0.2) is 0 Å². The van der Waals surface area contributed by atoms with E-state index in [9.17, 15) is 0 Å². The van der Waals surface area contributed by atoms with Crippen LogP contribution in [-0.4, -0.2) is 65.4 Å². The summed E-state index contributed by atoms with van der Waals surface area (Å²) in [7, 11) is 0. The van der Waals surface area contributed by atoms with Crippen molar-refractivity contribution in [3.8, 4) is 0 Å². The molecule has 98 valence electrons. The summed E-state index contributed by atoms with van der Waals surface area (Å²) in [6, 6.07) is 1.16. The Hall–Kier alpha value is -1.18. The Morgan fingerprint density at radius 2 is 1.59 bits per heavy atom. The van der Waals surface area contributed by atoms with Gasteiger partial charge in [-0.1, -0.05) is 0 Å². The summed E-state index contributed by atoms with van der Waals surface area (Å²) in [6.07, 6.45) is 2.33. The van der Waals surface area contributed by atoms with Crippen LogP contribution in [0.15, 0.2) is 0 Å². The molecule has 2 heterocycles. The van der Waals surface area contributed by atoms with Crippen molar-refractivity contribution in [2.75, 3.05) is 26.3 Å². The van der Waals surface area contributed by atoms with Crippen molar-refractivity contribution in [3.63, 3.8) is 0 Å². The second-order valence-electron chi connectivity index (χ2n) is 4.17. The first-order valence-electron chi connectivity index (χ1n) is 5.54. The number of hydrogen-bond donors (Lipinski definition) is 3. The van der Waals surface area contributed by atoms with E-state index < -0.39 is 11.9 Å². The molecule has 7 nitrogen and oxygen atoms in total. The van der Waals surface area contributed by atoms with Crippen molar-refractivity contribution in [1.82, 2.24) is 4.90 Å². The number of nitrogens with two attached hydrogens (primary N) is 1. The van der Waals surface area contributed by atoms with Crippen molar-refractivity contribution in [2.24, 2.45) is 5.73 Å². The van der Waals surface area contributed by atoms with Crippen LogP contribution in [0.4, 0.5) is 0 Å². The van der Waals surface area contributed by atoms with Gasteiger partial charge < -0.3 is 20.7 Å². The van der Waals surface area contributed by atoms with Crippen LogP contribution in [0.1, 0.15) is 12.8 Å². The Kier molecular flexibility index (Phi) is 5.33. The zero-order valence-electron chi connectivity index (χ0n) is 9.54. The van der Waals surface area contributed by atoms with Crippen LogP contribution in [0.25, 0.3) is 0 Å². The van der Waals surface area contributed by atoms with Crippen molar-refractivity contribution in [3.05, 3.63) is 0 Å². The Bertz CT molecular complexity index is 260. The topological polar surface area (TPSA) is 113 Å². The van der Waals surface area contributed by atoms with E-state index in [2.05, 4.69) is 4.90 Å². The van der Waals surface area contributed by atoms with Gasteiger partial charge in [-0.15, -0.1) is 0 Å². The lowest BCUT2D eigenvalue weighted by Crippen LogP contribution is -2.53. The molecule has 0 aromatic carbocycles. The quantitative estimate of drug-likeness (QED) is 0.507. The van der Waals surface area contributed by atoms with E-state index >= 15 is 0 Å². The van der Waals surface area contributed by atoms with Crippen LogP contribution in [0.5, 0.6) is 0 Å². The van der Waals surface area contributed by atoms with E-state index in [4.69, 9.17) is 30.3 Å². The van der Waals surface area contributed by atoms with Crippen LogP contribution < -0.4 is 5.73 Å². The maximum atomic E-state index is 9.10. The number of ether oxygens (including phenoxy) is 1. The maximum Gasteiger partial charge on any atom is 0.414 e. The molecule has 0 bridgehead atoms. The first-order valence-corrected chi connectivity index (χ1v) is 5.54. The number of carbonyl (C=O) groups is 2. The number of nitrogens with zero attached hydrogens (tertiary/aromatic N) is 1. The highest BCUT2D eigenvalue weighted by Gasteiger charge is 2.28. The number of hydrogen-bond acceptors (Lipinski definition) is 5. The second kappa shape index (κ2) is 6.53. The van der Waals surface area contributed by atoms with Gasteiger partial charge in [0.25, 0.3) is 0 Å². The molecule has 0 aromatic heterocycles. The summed E-state index contributed by atoms with van der Waals surface area (Å²) < 4.78 is 5.14. The van der Waals surface area contributed by atoms with E-state index in [1.54, 1.807) is 0 Å². The van der Waals surface area contributed by atoms with Gasteiger partial charge in [0.05, 0.1) is 19.3 Å². The van der Waals surface area contributed by atoms with Gasteiger partial charge in [-0.2, -0.15) is 0 Å². The number of carboxylic acids is 2. The summed E-state index contributed by atoms with van der Waals surface area (Å²) in [4.78, 5) is 20.7. The predicted octanol–water partition coefficient (Wildman–Crippen LogP) is -1.04. The minimum absolute atomic E-state index is 0.451. The molecule has 4 N–H and O–H groups in total. The fourth-order valence-corrected chi connectivity index (χ4v) is 1.72. The molecule has 2 fully saturated rings. The fourth-order valence-electron chi connectivity index (χ4n) is 1.72. The number of carboxylic acid groups (broad SMARTS) is 2. The number of likely N-dealkylation sites (tertiary alicyclic amines) is 1. The van der Waals surface area contributed by atoms with Crippen LogP contribution in [-0.2, 0) is 14.3 Å². The summed E-state index contributed by atoms with van der Waals surface area (Å²) >= 11 is 0. The lowest BCUT2D eigenvalue weighted by molar-refractivity contribution is -0.159. The molecule has 0 aromatic rings. The molecule has 2 aliphatic rings. The zero-order chi connectivity index (χ0) is 12.8.